The zero-order valence-electron chi connectivity index (χ0n) is 15.9. The van der Waals surface area contributed by atoms with Gasteiger partial charge in [0.25, 0.3) is 0 Å². The van der Waals surface area contributed by atoms with Crippen LogP contribution in [0.25, 0.3) is 0 Å². The number of ether oxygens (including phenoxy) is 2. The first kappa shape index (κ1) is 22.8. The molecule has 2 rings (SSSR count). The van der Waals surface area contributed by atoms with Crippen molar-refractivity contribution in [2.45, 2.75) is 45.3 Å². The van der Waals surface area contributed by atoms with Crippen molar-refractivity contribution in [3.8, 4) is 11.5 Å². The lowest BCUT2D eigenvalue weighted by molar-refractivity contribution is 0.134. The van der Waals surface area contributed by atoms with Gasteiger partial charge >= 0.3 is 0 Å². The molecule has 3 atom stereocenters. The monoisotopic (exact) mass is 477 g/mol. The average Bonchev–Trinajstić information content (AvgIpc) is 3.03. The highest BCUT2D eigenvalue weighted by molar-refractivity contribution is 14.0. The fourth-order valence-corrected chi connectivity index (χ4v) is 3.01. The summed E-state index contributed by atoms with van der Waals surface area (Å²) in [4.78, 5) is 4.60. The van der Waals surface area contributed by atoms with Gasteiger partial charge in [-0.15, -0.1) is 24.0 Å². The van der Waals surface area contributed by atoms with Crippen LogP contribution in [-0.2, 0) is 0 Å². The lowest BCUT2D eigenvalue weighted by Crippen LogP contribution is -2.41. The van der Waals surface area contributed by atoms with E-state index in [1.165, 1.54) is 0 Å². The van der Waals surface area contributed by atoms with Gasteiger partial charge in [0.05, 0.1) is 19.8 Å². The molecule has 1 aliphatic rings. The zero-order chi connectivity index (χ0) is 18.1. The highest BCUT2D eigenvalue weighted by Gasteiger charge is 2.25. The van der Waals surface area contributed by atoms with Gasteiger partial charge in [0.15, 0.2) is 17.5 Å². The molecule has 0 amide bonds. The Hall–Kier alpha value is -1.22. The minimum absolute atomic E-state index is 0. The van der Waals surface area contributed by atoms with E-state index in [0.717, 1.165) is 49.8 Å². The second-order valence-electron chi connectivity index (χ2n) is 6.44. The van der Waals surface area contributed by atoms with Crippen LogP contribution in [0, 0.1) is 5.92 Å². The van der Waals surface area contributed by atoms with Crippen molar-refractivity contribution >= 4 is 29.9 Å². The Bertz CT molecular complexity index is 557. The first-order chi connectivity index (χ1) is 12.1. The largest absolute Gasteiger partial charge is 0.493 e. The second-order valence-corrected chi connectivity index (χ2v) is 6.44. The quantitative estimate of drug-likeness (QED) is 0.305. The molecule has 0 radical (unpaired) electrons. The zero-order valence-corrected chi connectivity index (χ0v) is 18.2. The molecule has 0 heterocycles. The summed E-state index contributed by atoms with van der Waals surface area (Å²) in [6.07, 6.45) is 2.81. The summed E-state index contributed by atoms with van der Waals surface area (Å²) in [5.41, 5.74) is 0. The Morgan fingerprint density at radius 3 is 2.62 bits per heavy atom. The van der Waals surface area contributed by atoms with Gasteiger partial charge in [-0.3, -0.25) is 0 Å². The Labute approximate surface area is 173 Å². The lowest BCUT2D eigenvalue weighted by atomic mass is 10.1. The Morgan fingerprint density at radius 2 is 2.00 bits per heavy atom. The molecule has 1 saturated carbocycles. The summed E-state index contributed by atoms with van der Waals surface area (Å²) in [5.74, 6) is 2.52. The number of hydrogen-bond acceptors (Lipinski definition) is 4. The van der Waals surface area contributed by atoms with Crippen LogP contribution >= 0.6 is 24.0 Å². The first-order valence-electron chi connectivity index (χ1n) is 9.14. The van der Waals surface area contributed by atoms with Crippen molar-refractivity contribution in [1.82, 2.24) is 10.6 Å². The van der Waals surface area contributed by atoms with E-state index in [9.17, 15) is 5.11 Å². The van der Waals surface area contributed by atoms with Crippen molar-refractivity contribution in [3.05, 3.63) is 24.3 Å². The maximum atomic E-state index is 9.93. The van der Waals surface area contributed by atoms with Crippen molar-refractivity contribution < 1.29 is 14.6 Å². The van der Waals surface area contributed by atoms with E-state index in [1.807, 2.05) is 38.1 Å². The molecule has 148 valence electrons. The lowest BCUT2D eigenvalue weighted by Gasteiger charge is -2.19. The summed E-state index contributed by atoms with van der Waals surface area (Å²) < 4.78 is 11.2. The predicted octanol–water partition coefficient (Wildman–Crippen LogP) is 2.80. The summed E-state index contributed by atoms with van der Waals surface area (Å²) >= 11 is 0. The third-order valence-electron chi connectivity index (χ3n) is 4.40. The van der Waals surface area contributed by atoms with Gasteiger partial charge < -0.3 is 25.2 Å². The van der Waals surface area contributed by atoms with E-state index < -0.39 is 0 Å². The third-order valence-corrected chi connectivity index (χ3v) is 4.40. The van der Waals surface area contributed by atoms with E-state index in [0.29, 0.717) is 12.5 Å². The topological polar surface area (TPSA) is 75.1 Å². The van der Waals surface area contributed by atoms with Crippen LogP contribution in [0.15, 0.2) is 29.3 Å². The minimum atomic E-state index is -0.192. The van der Waals surface area contributed by atoms with Crippen LogP contribution in [0.3, 0.4) is 0 Å². The maximum absolute atomic E-state index is 9.93. The number of rotatable bonds is 8. The van der Waals surface area contributed by atoms with Gasteiger partial charge in [0.2, 0.25) is 0 Å². The van der Waals surface area contributed by atoms with Crippen LogP contribution < -0.4 is 20.1 Å². The van der Waals surface area contributed by atoms with E-state index in [1.54, 1.807) is 7.11 Å². The molecule has 0 bridgehead atoms. The van der Waals surface area contributed by atoms with Crippen LogP contribution in [-0.4, -0.2) is 50.0 Å². The van der Waals surface area contributed by atoms with Gasteiger partial charge in [-0.25, -0.2) is 4.99 Å². The highest BCUT2D eigenvalue weighted by Crippen LogP contribution is 2.27. The fourth-order valence-electron chi connectivity index (χ4n) is 3.01. The molecule has 7 heteroatoms. The van der Waals surface area contributed by atoms with Crippen molar-refractivity contribution in [3.63, 3.8) is 0 Å². The molecule has 26 heavy (non-hydrogen) atoms. The Balaban J connectivity index is 0.00000338. The fraction of sp³-hybridized carbons (Fsp3) is 0.632. The van der Waals surface area contributed by atoms with Crippen LogP contribution in [0.4, 0.5) is 0 Å². The number of hydrogen-bond donors (Lipinski definition) is 3. The molecule has 0 saturated heterocycles. The number of aliphatic imine (C=N–C) groups is 1. The molecule has 1 aliphatic carbocycles. The molecule has 1 fully saturated rings. The minimum Gasteiger partial charge on any atom is -0.493 e. The number of nitrogens with zero attached hydrogens (tertiary/aromatic N) is 1. The van der Waals surface area contributed by atoms with Gasteiger partial charge in [-0.05, 0) is 38.8 Å². The Morgan fingerprint density at radius 1 is 1.27 bits per heavy atom. The van der Waals surface area contributed by atoms with Crippen LogP contribution in [0.5, 0.6) is 11.5 Å². The molecule has 0 aromatic heterocycles. The van der Waals surface area contributed by atoms with E-state index >= 15 is 0 Å². The number of methoxy groups -OCH3 is 1. The van der Waals surface area contributed by atoms with E-state index in [-0.39, 0.29) is 36.2 Å². The summed E-state index contributed by atoms with van der Waals surface area (Å²) in [6, 6.07) is 7.61. The van der Waals surface area contributed by atoms with Crippen LogP contribution in [0.1, 0.15) is 33.1 Å². The number of aliphatic hydroxyl groups is 1. The molecule has 1 aromatic carbocycles. The van der Waals surface area contributed by atoms with Gasteiger partial charge in [0, 0.05) is 19.0 Å². The summed E-state index contributed by atoms with van der Waals surface area (Å²) in [7, 11) is 1.63. The SMILES string of the molecule is CCNC(=NCC(C)Oc1ccccc1OC)NCC1CCCC1O.I. The number of aliphatic hydroxyl groups excluding tert-OH is 1. The molecule has 0 aliphatic heterocycles. The number of halogens is 1. The number of nitrogens with one attached hydrogen (secondary N) is 2. The van der Waals surface area contributed by atoms with Crippen molar-refractivity contribution in [2.24, 2.45) is 10.9 Å². The normalized spacial score (nSPS) is 20.8. The summed E-state index contributed by atoms with van der Waals surface area (Å²) in [6.45, 7) is 6.09. The standard InChI is InChI=1S/C19H31N3O3.HI/c1-4-20-19(22-13-15-8-7-9-16(15)23)21-12-14(2)25-18-11-6-5-10-17(18)24-3;/h5-6,10-11,14-16,23H,4,7-9,12-13H2,1-3H3,(H2,20,21,22);1H. The van der Waals surface area contributed by atoms with Crippen LogP contribution in [0.2, 0.25) is 0 Å². The van der Waals surface area contributed by atoms with Gasteiger partial charge in [0.1, 0.15) is 6.10 Å². The first-order valence-corrected chi connectivity index (χ1v) is 9.14. The molecule has 3 unspecified atom stereocenters. The third kappa shape index (κ3) is 7.19. The predicted molar refractivity (Wildman–Crippen MR) is 116 cm³/mol. The molecule has 3 N–H and O–H groups in total. The van der Waals surface area contributed by atoms with Gasteiger partial charge in [-0.2, -0.15) is 0 Å². The molecular formula is C19H32IN3O3. The summed E-state index contributed by atoms with van der Waals surface area (Å²) in [5, 5.41) is 16.5. The average molecular weight is 477 g/mol. The molecular weight excluding hydrogens is 445 g/mol. The Kier molecular flexibility index (Phi) is 10.7. The maximum Gasteiger partial charge on any atom is 0.191 e. The second kappa shape index (κ2) is 12.2. The number of para-hydroxylation sites is 2. The molecule has 1 aromatic rings. The van der Waals surface area contributed by atoms with E-state index in [2.05, 4.69) is 15.6 Å². The van der Waals surface area contributed by atoms with Crippen molar-refractivity contribution in [1.29, 1.82) is 0 Å². The number of benzene rings is 1. The highest BCUT2D eigenvalue weighted by atomic mass is 127. The molecule has 6 nitrogen and oxygen atoms in total. The van der Waals surface area contributed by atoms with E-state index in [4.69, 9.17) is 9.47 Å². The van der Waals surface area contributed by atoms with Crippen molar-refractivity contribution in [2.75, 3.05) is 26.7 Å². The molecule has 0 spiro atoms. The smallest absolute Gasteiger partial charge is 0.191 e. The van der Waals surface area contributed by atoms with Gasteiger partial charge in [-0.1, -0.05) is 18.6 Å². The number of guanidine groups is 1.